The van der Waals surface area contributed by atoms with Crippen LogP contribution in [0.3, 0.4) is 0 Å². The van der Waals surface area contributed by atoms with E-state index in [0.29, 0.717) is 0 Å². The lowest BCUT2D eigenvalue weighted by atomic mass is 10.1. The molecule has 1 N–H and O–H groups in total. The molecule has 0 saturated carbocycles. The molecule has 5 nitrogen and oxygen atoms in total. The number of pyridine rings is 1. The maximum Gasteiger partial charge on any atom is 0.137 e. The fourth-order valence-corrected chi connectivity index (χ4v) is 3.79. The number of hydrogen-bond acceptors (Lipinski definition) is 3. The summed E-state index contributed by atoms with van der Waals surface area (Å²) in [4.78, 5) is 4.69. The van der Waals surface area contributed by atoms with E-state index < -0.39 is 0 Å². The summed E-state index contributed by atoms with van der Waals surface area (Å²) in [5.74, 6) is 0. The predicted octanol–water partition coefficient (Wildman–Crippen LogP) is 4.71. The summed E-state index contributed by atoms with van der Waals surface area (Å²) in [5.41, 5.74) is 6.66. The smallest absolute Gasteiger partial charge is 0.137 e. The summed E-state index contributed by atoms with van der Waals surface area (Å²) < 4.78 is 4.22. The van der Waals surface area contributed by atoms with E-state index in [1.807, 2.05) is 28.8 Å². The van der Waals surface area contributed by atoms with Crippen LogP contribution in [0, 0.1) is 0 Å². The van der Waals surface area contributed by atoms with Crippen LogP contribution in [0.1, 0.15) is 37.2 Å². The Morgan fingerprint density at radius 2 is 1.96 bits per heavy atom. The number of aromatic nitrogens is 4. The number of rotatable bonds is 4. The second kappa shape index (κ2) is 6.58. The number of fused-ring (bicyclic) bond motifs is 2. The molecule has 0 fully saturated rings. The van der Waals surface area contributed by atoms with Crippen molar-refractivity contribution in [2.75, 3.05) is 5.32 Å². The number of nitrogens with zero attached hydrogens (tertiary/aromatic N) is 4. The number of benzene rings is 1. The first-order chi connectivity index (χ1) is 13.3. The van der Waals surface area contributed by atoms with E-state index in [-0.39, 0.29) is 6.04 Å². The van der Waals surface area contributed by atoms with Gasteiger partial charge in [0.2, 0.25) is 0 Å². The van der Waals surface area contributed by atoms with Gasteiger partial charge < -0.3 is 9.72 Å². The highest BCUT2D eigenvalue weighted by atomic mass is 15.3. The summed E-state index contributed by atoms with van der Waals surface area (Å²) in [7, 11) is 0. The van der Waals surface area contributed by atoms with Gasteiger partial charge in [0.25, 0.3) is 0 Å². The highest BCUT2D eigenvalue weighted by Gasteiger charge is 2.16. The molecule has 4 heterocycles. The summed E-state index contributed by atoms with van der Waals surface area (Å²) in [6.07, 6.45) is 7.75. The van der Waals surface area contributed by atoms with Crippen molar-refractivity contribution >= 4 is 11.3 Å². The van der Waals surface area contributed by atoms with Crippen LogP contribution in [0.5, 0.6) is 0 Å². The van der Waals surface area contributed by atoms with Gasteiger partial charge in [-0.05, 0) is 56.5 Å². The average Bonchev–Trinajstić information content (AvgIpc) is 3.32. The van der Waals surface area contributed by atoms with Crippen LogP contribution in [0.4, 0.5) is 5.69 Å². The molecule has 0 saturated heterocycles. The van der Waals surface area contributed by atoms with Crippen molar-refractivity contribution in [1.82, 2.24) is 19.2 Å². The van der Waals surface area contributed by atoms with Crippen molar-refractivity contribution in [3.63, 3.8) is 0 Å². The SMILES string of the molecule is CC(Nc1ccc(-c2cn3ccccc3n2)cc1)c1cc2n(n1)CCCC2. The standard InChI is InChI=1S/C22H23N5/c1-16(20-14-19-6-2-5-13-27(19)25-20)23-18-10-8-17(9-11-18)21-15-26-12-4-3-7-22(26)24-21/h3-4,7-12,14-16,23H,2,5-6,13H2,1H3. The third kappa shape index (κ3) is 3.10. The summed E-state index contributed by atoms with van der Waals surface area (Å²) >= 11 is 0. The summed E-state index contributed by atoms with van der Waals surface area (Å²) in [6, 6.07) is 17.0. The van der Waals surface area contributed by atoms with Gasteiger partial charge >= 0.3 is 0 Å². The topological polar surface area (TPSA) is 47.1 Å². The Balaban J connectivity index is 1.33. The van der Waals surface area contributed by atoms with E-state index in [4.69, 9.17) is 5.10 Å². The Kier molecular flexibility index (Phi) is 3.93. The van der Waals surface area contributed by atoms with Gasteiger partial charge in [0.15, 0.2) is 0 Å². The first-order valence-electron chi connectivity index (χ1n) is 9.63. The van der Waals surface area contributed by atoms with Gasteiger partial charge in [-0.3, -0.25) is 4.68 Å². The maximum absolute atomic E-state index is 4.78. The predicted molar refractivity (Wildman–Crippen MR) is 108 cm³/mol. The Hall–Kier alpha value is -3.08. The molecule has 27 heavy (non-hydrogen) atoms. The molecule has 3 aromatic heterocycles. The van der Waals surface area contributed by atoms with E-state index in [1.165, 1.54) is 18.5 Å². The van der Waals surface area contributed by atoms with Crippen LogP contribution >= 0.6 is 0 Å². The average molecular weight is 357 g/mol. The first-order valence-corrected chi connectivity index (χ1v) is 9.63. The van der Waals surface area contributed by atoms with Crippen LogP contribution in [0.15, 0.2) is 60.9 Å². The molecule has 0 radical (unpaired) electrons. The minimum absolute atomic E-state index is 0.184. The number of hydrogen-bond donors (Lipinski definition) is 1. The molecule has 1 aliphatic rings. The molecule has 0 aliphatic carbocycles. The molecule has 0 spiro atoms. The Bertz CT molecular complexity index is 1020. The molecule has 1 atom stereocenters. The van der Waals surface area contributed by atoms with E-state index in [0.717, 1.165) is 41.3 Å². The van der Waals surface area contributed by atoms with Crippen molar-refractivity contribution < 1.29 is 0 Å². The third-order valence-corrected chi connectivity index (χ3v) is 5.31. The van der Waals surface area contributed by atoms with Crippen LogP contribution in [0.2, 0.25) is 0 Å². The van der Waals surface area contributed by atoms with Crippen LogP contribution in [-0.4, -0.2) is 19.2 Å². The third-order valence-electron chi connectivity index (χ3n) is 5.31. The molecule has 136 valence electrons. The van der Waals surface area contributed by atoms with Gasteiger partial charge in [0, 0.05) is 35.9 Å². The molecule has 5 rings (SSSR count). The molecule has 1 unspecified atom stereocenters. The maximum atomic E-state index is 4.78. The second-order valence-electron chi connectivity index (χ2n) is 7.28. The zero-order chi connectivity index (χ0) is 18.2. The molecule has 1 aliphatic heterocycles. The zero-order valence-electron chi connectivity index (χ0n) is 15.5. The van der Waals surface area contributed by atoms with Gasteiger partial charge in [-0.1, -0.05) is 18.2 Å². The monoisotopic (exact) mass is 357 g/mol. The minimum atomic E-state index is 0.184. The van der Waals surface area contributed by atoms with E-state index >= 15 is 0 Å². The zero-order valence-corrected chi connectivity index (χ0v) is 15.5. The largest absolute Gasteiger partial charge is 0.377 e. The van der Waals surface area contributed by atoms with Crippen molar-refractivity contribution in [2.24, 2.45) is 0 Å². The normalized spacial score (nSPS) is 14.9. The molecular weight excluding hydrogens is 334 g/mol. The lowest BCUT2D eigenvalue weighted by Gasteiger charge is -2.13. The number of nitrogens with one attached hydrogen (secondary N) is 1. The minimum Gasteiger partial charge on any atom is -0.377 e. The van der Waals surface area contributed by atoms with Crippen molar-refractivity contribution in [1.29, 1.82) is 0 Å². The van der Waals surface area contributed by atoms with E-state index in [1.54, 1.807) is 0 Å². The van der Waals surface area contributed by atoms with Gasteiger partial charge in [-0.15, -0.1) is 0 Å². The van der Waals surface area contributed by atoms with E-state index in [9.17, 15) is 0 Å². The van der Waals surface area contributed by atoms with E-state index in [2.05, 4.69) is 58.4 Å². The van der Waals surface area contributed by atoms with Crippen molar-refractivity contribution in [3.05, 3.63) is 72.3 Å². The Labute approximate surface area is 158 Å². The molecule has 5 heteroatoms. The first kappa shape index (κ1) is 16.1. The number of aryl methyl sites for hydroxylation is 2. The van der Waals surface area contributed by atoms with Gasteiger partial charge in [0.05, 0.1) is 17.4 Å². The highest BCUT2D eigenvalue weighted by molar-refractivity contribution is 5.65. The molecule has 0 bridgehead atoms. The Morgan fingerprint density at radius 3 is 2.78 bits per heavy atom. The van der Waals surface area contributed by atoms with Crippen molar-refractivity contribution in [3.8, 4) is 11.3 Å². The van der Waals surface area contributed by atoms with Gasteiger partial charge in [0.1, 0.15) is 5.65 Å². The van der Waals surface area contributed by atoms with Crippen molar-refractivity contribution in [2.45, 2.75) is 38.8 Å². The number of anilines is 1. The second-order valence-corrected chi connectivity index (χ2v) is 7.28. The molecule has 0 amide bonds. The number of imidazole rings is 1. The van der Waals surface area contributed by atoms with Gasteiger partial charge in [-0.2, -0.15) is 5.10 Å². The fourth-order valence-electron chi connectivity index (χ4n) is 3.79. The van der Waals surface area contributed by atoms with Gasteiger partial charge in [-0.25, -0.2) is 4.98 Å². The van der Waals surface area contributed by atoms with Crippen LogP contribution < -0.4 is 5.32 Å². The van der Waals surface area contributed by atoms with Crippen LogP contribution in [-0.2, 0) is 13.0 Å². The highest BCUT2D eigenvalue weighted by Crippen LogP contribution is 2.25. The lowest BCUT2D eigenvalue weighted by Crippen LogP contribution is -2.12. The molecule has 4 aromatic rings. The fraction of sp³-hybridized carbons (Fsp3) is 0.273. The Morgan fingerprint density at radius 1 is 1.07 bits per heavy atom. The van der Waals surface area contributed by atoms with Crippen LogP contribution in [0.25, 0.3) is 16.9 Å². The summed E-state index contributed by atoms with van der Waals surface area (Å²) in [5, 5.41) is 8.35. The quantitative estimate of drug-likeness (QED) is 0.575. The summed E-state index contributed by atoms with van der Waals surface area (Å²) in [6.45, 7) is 3.22. The lowest BCUT2D eigenvalue weighted by molar-refractivity contribution is 0.482. The molecule has 1 aromatic carbocycles. The molecular formula is C22H23N5.